The molecular formula is C20H23BN2O3. The lowest BCUT2D eigenvalue weighted by Crippen LogP contribution is -2.23. The van der Waals surface area contributed by atoms with Crippen LogP contribution >= 0.6 is 0 Å². The van der Waals surface area contributed by atoms with E-state index in [1.54, 1.807) is 6.07 Å². The highest BCUT2D eigenvalue weighted by Crippen LogP contribution is 2.32. The molecule has 5 nitrogen and oxygen atoms in total. The molecule has 26 heavy (non-hydrogen) atoms. The van der Waals surface area contributed by atoms with Gasteiger partial charge in [-0.05, 0) is 49.1 Å². The molecule has 6 heteroatoms. The fraction of sp³-hybridized carbons (Fsp3) is 0.350. The van der Waals surface area contributed by atoms with Crippen molar-refractivity contribution >= 4 is 29.4 Å². The van der Waals surface area contributed by atoms with Crippen LogP contribution in [0.15, 0.2) is 36.4 Å². The predicted octanol–water partition coefficient (Wildman–Crippen LogP) is 4.14. The van der Waals surface area contributed by atoms with Crippen LogP contribution in [0.25, 0.3) is 4.85 Å². The lowest BCUT2D eigenvalue weighted by atomic mass is 9.64. The minimum absolute atomic E-state index is 0.157. The summed E-state index contributed by atoms with van der Waals surface area (Å²) in [6.07, 6.45) is 0.165. The number of hydrogen-bond acceptors (Lipinski definition) is 4. The molecule has 0 aromatic heterocycles. The summed E-state index contributed by atoms with van der Waals surface area (Å²) in [5.74, 6) is 0.565. The molecule has 0 atom stereocenters. The summed E-state index contributed by atoms with van der Waals surface area (Å²) in [5, 5.41) is 3.38. The van der Waals surface area contributed by atoms with Gasteiger partial charge in [0.25, 0.3) is 0 Å². The smallest absolute Gasteiger partial charge is 0.324 e. The fourth-order valence-electron chi connectivity index (χ4n) is 2.91. The SMILES string of the molecule is [C-]#[N+]c1ccc(Nc2ccc3c(c2)COB3C)cc1OCCOC(C)C. The Balaban J connectivity index is 1.70. The van der Waals surface area contributed by atoms with Crippen molar-refractivity contribution in [1.82, 2.24) is 0 Å². The Morgan fingerprint density at radius 1 is 1.19 bits per heavy atom. The van der Waals surface area contributed by atoms with Crippen LogP contribution in [0.4, 0.5) is 17.1 Å². The number of nitrogens with zero attached hydrogens (tertiary/aromatic N) is 1. The summed E-state index contributed by atoms with van der Waals surface area (Å²) in [7, 11) is 0. The molecule has 0 unspecified atom stereocenters. The van der Waals surface area contributed by atoms with Crippen LogP contribution in [0.2, 0.25) is 6.82 Å². The van der Waals surface area contributed by atoms with Crippen molar-refractivity contribution < 1.29 is 14.1 Å². The van der Waals surface area contributed by atoms with Crippen molar-refractivity contribution in [3.63, 3.8) is 0 Å². The normalized spacial score (nSPS) is 12.8. The number of hydrogen-bond donors (Lipinski definition) is 1. The molecule has 0 saturated heterocycles. The maximum atomic E-state index is 7.31. The lowest BCUT2D eigenvalue weighted by molar-refractivity contribution is 0.0554. The highest BCUT2D eigenvalue weighted by molar-refractivity contribution is 6.67. The minimum atomic E-state index is 0.157. The van der Waals surface area contributed by atoms with E-state index in [2.05, 4.69) is 29.1 Å². The molecule has 134 valence electrons. The van der Waals surface area contributed by atoms with Gasteiger partial charge in [-0.3, -0.25) is 0 Å². The van der Waals surface area contributed by atoms with E-state index in [0.29, 0.717) is 31.3 Å². The van der Waals surface area contributed by atoms with Gasteiger partial charge in [0.15, 0.2) is 0 Å². The van der Waals surface area contributed by atoms with Gasteiger partial charge in [0.2, 0.25) is 5.69 Å². The molecule has 1 heterocycles. The lowest BCUT2D eigenvalue weighted by Gasteiger charge is -2.13. The quantitative estimate of drug-likeness (QED) is 0.463. The summed E-state index contributed by atoms with van der Waals surface area (Å²) < 4.78 is 16.9. The van der Waals surface area contributed by atoms with E-state index in [1.807, 2.05) is 32.0 Å². The summed E-state index contributed by atoms with van der Waals surface area (Å²) in [5.41, 5.74) is 4.82. The molecule has 0 bridgehead atoms. The van der Waals surface area contributed by atoms with Crippen molar-refractivity contribution in [3.05, 3.63) is 53.4 Å². The van der Waals surface area contributed by atoms with Gasteiger partial charge in [0, 0.05) is 11.4 Å². The van der Waals surface area contributed by atoms with Crippen molar-refractivity contribution in [2.45, 2.75) is 33.4 Å². The molecule has 0 saturated carbocycles. The Kier molecular flexibility index (Phi) is 5.82. The topological polar surface area (TPSA) is 44.1 Å². The van der Waals surface area contributed by atoms with Gasteiger partial charge in [-0.1, -0.05) is 19.0 Å². The van der Waals surface area contributed by atoms with Gasteiger partial charge < -0.3 is 19.4 Å². The van der Waals surface area contributed by atoms with Crippen LogP contribution in [0, 0.1) is 6.57 Å². The average Bonchev–Trinajstić information content (AvgIpc) is 2.99. The van der Waals surface area contributed by atoms with E-state index in [4.69, 9.17) is 20.7 Å². The second-order valence-electron chi connectivity index (χ2n) is 6.55. The summed E-state index contributed by atoms with van der Waals surface area (Å²) in [6.45, 7) is 15.1. The highest BCUT2D eigenvalue weighted by Gasteiger charge is 2.23. The second kappa shape index (κ2) is 8.26. The van der Waals surface area contributed by atoms with Crippen molar-refractivity contribution in [2.24, 2.45) is 0 Å². The van der Waals surface area contributed by atoms with Crippen LogP contribution in [0.1, 0.15) is 19.4 Å². The number of nitrogens with one attached hydrogen (secondary N) is 1. The zero-order valence-corrected chi connectivity index (χ0v) is 15.4. The zero-order chi connectivity index (χ0) is 18.5. The zero-order valence-electron chi connectivity index (χ0n) is 15.4. The predicted molar refractivity (Wildman–Crippen MR) is 105 cm³/mol. The third-order valence-electron chi connectivity index (χ3n) is 4.23. The van der Waals surface area contributed by atoms with Crippen LogP contribution in [-0.2, 0) is 16.0 Å². The monoisotopic (exact) mass is 350 g/mol. The van der Waals surface area contributed by atoms with Gasteiger partial charge >= 0.3 is 6.92 Å². The number of rotatable bonds is 7. The molecular weight excluding hydrogens is 327 g/mol. The molecule has 0 radical (unpaired) electrons. The van der Waals surface area contributed by atoms with E-state index in [9.17, 15) is 0 Å². The summed E-state index contributed by atoms with van der Waals surface area (Å²) in [4.78, 5) is 3.53. The van der Waals surface area contributed by atoms with Crippen LogP contribution in [-0.4, -0.2) is 26.2 Å². The molecule has 0 spiro atoms. The molecule has 1 N–H and O–H groups in total. The summed E-state index contributed by atoms with van der Waals surface area (Å²) in [6, 6.07) is 11.8. The average molecular weight is 350 g/mol. The van der Waals surface area contributed by atoms with Gasteiger partial charge in [0.1, 0.15) is 12.4 Å². The Labute approximate surface area is 155 Å². The molecule has 1 aliphatic heterocycles. The number of fused-ring (bicyclic) bond motifs is 1. The van der Waals surface area contributed by atoms with Crippen LogP contribution in [0.5, 0.6) is 5.75 Å². The molecule has 0 fully saturated rings. The van der Waals surface area contributed by atoms with Gasteiger partial charge in [-0.2, -0.15) is 0 Å². The van der Waals surface area contributed by atoms with Crippen LogP contribution < -0.4 is 15.5 Å². The molecule has 2 aromatic rings. The number of ether oxygens (including phenoxy) is 2. The number of anilines is 2. The molecule has 0 amide bonds. The Morgan fingerprint density at radius 2 is 1.96 bits per heavy atom. The Morgan fingerprint density at radius 3 is 2.73 bits per heavy atom. The first-order valence-electron chi connectivity index (χ1n) is 8.84. The molecule has 0 aliphatic carbocycles. The third kappa shape index (κ3) is 4.37. The summed E-state index contributed by atoms with van der Waals surface area (Å²) >= 11 is 0. The van der Waals surface area contributed by atoms with Crippen molar-refractivity contribution in [3.8, 4) is 5.75 Å². The maximum absolute atomic E-state index is 7.31. The van der Waals surface area contributed by atoms with Crippen molar-refractivity contribution in [2.75, 3.05) is 18.5 Å². The van der Waals surface area contributed by atoms with E-state index in [-0.39, 0.29) is 13.0 Å². The third-order valence-corrected chi connectivity index (χ3v) is 4.23. The van der Waals surface area contributed by atoms with Crippen molar-refractivity contribution in [1.29, 1.82) is 0 Å². The van der Waals surface area contributed by atoms with Gasteiger partial charge in [0.05, 0.1) is 25.9 Å². The standard InChI is InChI=1S/C20H23BN2O3/c1-14(2)24-9-10-25-20-12-17(6-8-19(20)22-4)23-16-5-7-18-15(11-16)13-26-21(18)3/h5-8,11-12,14,23H,9-10,13H2,1-3H3. The maximum Gasteiger partial charge on any atom is 0.324 e. The Bertz CT molecular complexity index is 817. The highest BCUT2D eigenvalue weighted by atomic mass is 16.5. The van der Waals surface area contributed by atoms with E-state index in [1.165, 1.54) is 11.0 Å². The first-order valence-corrected chi connectivity index (χ1v) is 8.84. The second-order valence-corrected chi connectivity index (χ2v) is 6.55. The number of benzene rings is 2. The molecule has 1 aliphatic rings. The Hall–Kier alpha value is -2.49. The first-order chi connectivity index (χ1) is 12.6. The van der Waals surface area contributed by atoms with Gasteiger partial charge in [-0.15, -0.1) is 0 Å². The molecule has 2 aromatic carbocycles. The van der Waals surface area contributed by atoms with Gasteiger partial charge in [-0.25, -0.2) is 4.85 Å². The van der Waals surface area contributed by atoms with Crippen LogP contribution in [0.3, 0.4) is 0 Å². The minimum Gasteiger partial charge on any atom is -0.502 e. The fourth-order valence-corrected chi connectivity index (χ4v) is 2.91. The van der Waals surface area contributed by atoms with E-state index in [0.717, 1.165) is 11.4 Å². The first kappa shape index (κ1) is 18.3. The van der Waals surface area contributed by atoms with E-state index < -0.39 is 0 Å². The molecule has 3 rings (SSSR count). The largest absolute Gasteiger partial charge is 0.502 e. The van der Waals surface area contributed by atoms with E-state index >= 15 is 0 Å².